The number of aliphatic hydroxyl groups excluding tert-OH is 1. The standard InChI is InChI=1S/C17H26N2O3/c1-14(20)7-10-18-16(21)19-13-17(8-11-22-12-9-17)15-5-3-2-4-6-15/h2-6,14,20H,7-13H2,1H3,(H2,18,19,21). The quantitative estimate of drug-likeness (QED) is 0.750. The van der Waals surface area contributed by atoms with Gasteiger partial charge in [-0.2, -0.15) is 0 Å². The highest BCUT2D eigenvalue weighted by atomic mass is 16.5. The van der Waals surface area contributed by atoms with E-state index < -0.39 is 6.10 Å². The number of urea groups is 1. The van der Waals surface area contributed by atoms with Crippen LogP contribution in [0.5, 0.6) is 0 Å². The molecule has 0 bridgehead atoms. The number of hydrogen-bond acceptors (Lipinski definition) is 3. The maximum Gasteiger partial charge on any atom is 0.314 e. The lowest BCUT2D eigenvalue weighted by Crippen LogP contribution is -2.47. The van der Waals surface area contributed by atoms with Crippen molar-refractivity contribution in [3.05, 3.63) is 35.9 Å². The minimum atomic E-state index is -0.397. The van der Waals surface area contributed by atoms with Gasteiger partial charge in [-0.15, -0.1) is 0 Å². The number of ether oxygens (including phenoxy) is 1. The molecule has 1 saturated heterocycles. The van der Waals surface area contributed by atoms with Gasteiger partial charge in [-0.3, -0.25) is 0 Å². The Balaban J connectivity index is 1.92. The van der Waals surface area contributed by atoms with Crippen LogP contribution in [0.3, 0.4) is 0 Å². The first-order valence-electron chi connectivity index (χ1n) is 7.95. The second kappa shape index (κ2) is 8.15. The minimum Gasteiger partial charge on any atom is -0.393 e. The van der Waals surface area contributed by atoms with Gasteiger partial charge in [0.15, 0.2) is 0 Å². The maximum atomic E-state index is 11.9. The number of carbonyl (C=O) groups excluding carboxylic acids is 1. The first kappa shape index (κ1) is 16.8. The van der Waals surface area contributed by atoms with E-state index in [0.29, 0.717) is 19.5 Å². The Morgan fingerprint density at radius 1 is 1.27 bits per heavy atom. The normalized spacial score (nSPS) is 18.5. The van der Waals surface area contributed by atoms with Gasteiger partial charge in [0, 0.05) is 31.7 Å². The van der Waals surface area contributed by atoms with E-state index in [1.165, 1.54) is 5.56 Å². The van der Waals surface area contributed by atoms with Gasteiger partial charge in [0.05, 0.1) is 6.10 Å². The van der Waals surface area contributed by atoms with Crippen molar-refractivity contribution in [2.75, 3.05) is 26.3 Å². The molecule has 0 radical (unpaired) electrons. The summed E-state index contributed by atoms with van der Waals surface area (Å²) in [4.78, 5) is 11.9. The van der Waals surface area contributed by atoms with Crippen LogP contribution in [0.2, 0.25) is 0 Å². The highest BCUT2D eigenvalue weighted by Gasteiger charge is 2.34. The average Bonchev–Trinajstić information content (AvgIpc) is 2.54. The van der Waals surface area contributed by atoms with Gasteiger partial charge in [0.1, 0.15) is 0 Å². The fraction of sp³-hybridized carbons (Fsp3) is 0.588. The van der Waals surface area contributed by atoms with Crippen molar-refractivity contribution in [1.82, 2.24) is 10.6 Å². The fourth-order valence-electron chi connectivity index (χ4n) is 2.83. The highest BCUT2D eigenvalue weighted by Crippen LogP contribution is 2.34. The SMILES string of the molecule is CC(O)CCNC(=O)NCC1(c2ccccc2)CCOCC1. The van der Waals surface area contributed by atoms with Crippen molar-refractivity contribution < 1.29 is 14.6 Å². The predicted octanol–water partition coefficient (Wildman–Crippen LogP) is 1.80. The molecule has 5 nitrogen and oxygen atoms in total. The van der Waals surface area contributed by atoms with Crippen LogP contribution in [-0.4, -0.2) is 43.5 Å². The molecule has 1 heterocycles. The minimum absolute atomic E-state index is 0.0544. The number of carbonyl (C=O) groups is 1. The zero-order chi connectivity index (χ0) is 15.8. The Bertz CT molecular complexity index is 456. The average molecular weight is 306 g/mol. The molecule has 3 N–H and O–H groups in total. The highest BCUT2D eigenvalue weighted by molar-refractivity contribution is 5.73. The van der Waals surface area contributed by atoms with Gasteiger partial charge in [0.25, 0.3) is 0 Å². The number of amides is 2. The lowest BCUT2D eigenvalue weighted by molar-refractivity contribution is 0.0507. The molecule has 0 saturated carbocycles. The largest absolute Gasteiger partial charge is 0.393 e. The second-order valence-electron chi connectivity index (χ2n) is 6.01. The molecule has 1 fully saturated rings. The molecular formula is C17H26N2O3. The van der Waals surface area contributed by atoms with Gasteiger partial charge < -0.3 is 20.5 Å². The van der Waals surface area contributed by atoms with E-state index in [9.17, 15) is 9.90 Å². The van der Waals surface area contributed by atoms with E-state index in [4.69, 9.17) is 4.74 Å². The molecule has 1 unspecified atom stereocenters. The number of hydrogen-bond donors (Lipinski definition) is 3. The van der Waals surface area contributed by atoms with Crippen LogP contribution < -0.4 is 10.6 Å². The van der Waals surface area contributed by atoms with Crippen LogP contribution in [0, 0.1) is 0 Å². The number of nitrogens with one attached hydrogen (secondary N) is 2. The third-order valence-corrected chi connectivity index (χ3v) is 4.27. The Labute approximate surface area is 132 Å². The Morgan fingerprint density at radius 3 is 2.59 bits per heavy atom. The van der Waals surface area contributed by atoms with Crippen molar-refractivity contribution in [1.29, 1.82) is 0 Å². The first-order chi connectivity index (χ1) is 10.6. The van der Waals surface area contributed by atoms with Crippen molar-refractivity contribution in [3.63, 3.8) is 0 Å². The summed E-state index contributed by atoms with van der Waals surface area (Å²) in [6.07, 6.45) is 1.98. The van der Waals surface area contributed by atoms with Gasteiger partial charge >= 0.3 is 6.03 Å². The number of benzene rings is 1. The molecule has 2 amide bonds. The van der Waals surface area contributed by atoms with E-state index in [1.807, 2.05) is 18.2 Å². The van der Waals surface area contributed by atoms with Crippen molar-refractivity contribution in [3.8, 4) is 0 Å². The van der Waals surface area contributed by atoms with E-state index in [1.54, 1.807) is 6.92 Å². The lowest BCUT2D eigenvalue weighted by atomic mass is 9.74. The van der Waals surface area contributed by atoms with Crippen LogP contribution in [0.15, 0.2) is 30.3 Å². The van der Waals surface area contributed by atoms with Crippen LogP contribution in [0.25, 0.3) is 0 Å². The molecule has 1 atom stereocenters. The third-order valence-electron chi connectivity index (χ3n) is 4.27. The Morgan fingerprint density at radius 2 is 1.95 bits per heavy atom. The number of aliphatic hydroxyl groups is 1. The lowest BCUT2D eigenvalue weighted by Gasteiger charge is -2.38. The molecule has 1 aliphatic rings. The summed E-state index contributed by atoms with van der Waals surface area (Å²) in [6, 6.07) is 10.1. The van der Waals surface area contributed by atoms with Crippen LogP contribution in [0.1, 0.15) is 31.7 Å². The van der Waals surface area contributed by atoms with E-state index in [0.717, 1.165) is 26.1 Å². The smallest absolute Gasteiger partial charge is 0.314 e. The summed E-state index contributed by atoms with van der Waals surface area (Å²) in [5.41, 5.74) is 1.20. The van der Waals surface area contributed by atoms with E-state index >= 15 is 0 Å². The number of rotatable bonds is 6. The zero-order valence-electron chi connectivity index (χ0n) is 13.2. The second-order valence-corrected chi connectivity index (χ2v) is 6.01. The Kier molecular flexibility index (Phi) is 6.21. The Hall–Kier alpha value is -1.59. The fourth-order valence-corrected chi connectivity index (χ4v) is 2.83. The summed E-state index contributed by atoms with van der Waals surface area (Å²) in [5.74, 6) is 0. The first-order valence-corrected chi connectivity index (χ1v) is 7.95. The van der Waals surface area contributed by atoms with Crippen molar-refractivity contribution >= 4 is 6.03 Å². The molecule has 0 aliphatic carbocycles. The summed E-state index contributed by atoms with van der Waals surface area (Å²) in [5, 5.41) is 15.0. The molecule has 0 spiro atoms. The molecule has 0 aromatic heterocycles. The summed E-state index contributed by atoms with van der Waals surface area (Å²) < 4.78 is 5.49. The maximum absolute atomic E-state index is 11.9. The summed E-state index contributed by atoms with van der Waals surface area (Å²) >= 11 is 0. The van der Waals surface area contributed by atoms with Gasteiger partial charge in [-0.05, 0) is 31.7 Å². The van der Waals surface area contributed by atoms with Crippen LogP contribution >= 0.6 is 0 Å². The van der Waals surface area contributed by atoms with Gasteiger partial charge in [-0.1, -0.05) is 30.3 Å². The third kappa shape index (κ3) is 4.71. The van der Waals surface area contributed by atoms with E-state index in [-0.39, 0.29) is 11.4 Å². The van der Waals surface area contributed by atoms with Crippen LogP contribution in [-0.2, 0) is 10.2 Å². The monoisotopic (exact) mass is 306 g/mol. The van der Waals surface area contributed by atoms with Crippen LogP contribution in [0.4, 0.5) is 4.79 Å². The molecule has 122 valence electrons. The molecule has 5 heteroatoms. The molecule has 1 aliphatic heterocycles. The summed E-state index contributed by atoms with van der Waals surface area (Å²) in [7, 11) is 0. The zero-order valence-corrected chi connectivity index (χ0v) is 13.2. The molecule has 22 heavy (non-hydrogen) atoms. The van der Waals surface area contributed by atoms with Gasteiger partial charge in [0.2, 0.25) is 0 Å². The summed E-state index contributed by atoms with van der Waals surface area (Å²) in [6.45, 7) is 4.23. The molecule has 1 aromatic rings. The van der Waals surface area contributed by atoms with E-state index in [2.05, 4.69) is 22.8 Å². The van der Waals surface area contributed by atoms with Crippen molar-refractivity contribution in [2.24, 2.45) is 0 Å². The van der Waals surface area contributed by atoms with Gasteiger partial charge in [-0.25, -0.2) is 4.79 Å². The topological polar surface area (TPSA) is 70.6 Å². The molecule has 2 rings (SSSR count). The predicted molar refractivity (Wildman–Crippen MR) is 85.9 cm³/mol. The molecule has 1 aromatic carbocycles. The van der Waals surface area contributed by atoms with Crippen molar-refractivity contribution in [2.45, 2.75) is 37.7 Å². The molecular weight excluding hydrogens is 280 g/mol.